The predicted molar refractivity (Wildman–Crippen MR) is 60.1 cm³/mol. The number of nitrogens with two attached hydrogens (primary N) is 1. The second kappa shape index (κ2) is 4.77. The molecule has 0 bridgehead atoms. The van der Waals surface area contributed by atoms with Crippen molar-refractivity contribution in [2.45, 2.75) is 12.5 Å². The van der Waals surface area contributed by atoms with Crippen LogP contribution in [0.15, 0.2) is 17.5 Å². The van der Waals surface area contributed by atoms with E-state index < -0.39 is 0 Å². The van der Waals surface area contributed by atoms with Crippen LogP contribution >= 0.6 is 23.7 Å². The second-order valence-corrected chi connectivity index (χ2v) is 4.22. The van der Waals surface area contributed by atoms with Crippen LogP contribution in [-0.4, -0.2) is 29.9 Å². The van der Waals surface area contributed by atoms with Gasteiger partial charge in [-0.15, -0.1) is 23.7 Å². The Bertz CT molecular complexity index is 302. The third-order valence-corrected chi connectivity index (χ3v) is 3.10. The fourth-order valence-electron chi connectivity index (χ4n) is 1.53. The molecule has 14 heavy (non-hydrogen) atoms. The van der Waals surface area contributed by atoms with Gasteiger partial charge in [0.05, 0.1) is 4.88 Å². The highest BCUT2D eigenvalue weighted by atomic mass is 35.5. The van der Waals surface area contributed by atoms with Gasteiger partial charge in [-0.05, 0) is 17.9 Å². The summed E-state index contributed by atoms with van der Waals surface area (Å²) in [7, 11) is 0. The van der Waals surface area contributed by atoms with E-state index >= 15 is 0 Å². The molecule has 1 aromatic heterocycles. The smallest absolute Gasteiger partial charge is 0.263 e. The summed E-state index contributed by atoms with van der Waals surface area (Å²) in [5.41, 5.74) is 5.73. The molecule has 5 heteroatoms. The van der Waals surface area contributed by atoms with E-state index in [4.69, 9.17) is 5.73 Å². The normalized spacial score (nSPS) is 20.6. The lowest BCUT2D eigenvalue weighted by Crippen LogP contribution is -2.31. The molecule has 2 heterocycles. The molecular formula is C9H13ClN2OS. The molecule has 78 valence electrons. The summed E-state index contributed by atoms with van der Waals surface area (Å²) in [4.78, 5) is 14.4. The minimum Gasteiger partial charge on any atom is -0.336 e. The molecule has 1 aliphatic rings. The molecular weight excluding hydrogens is 220 g/mol. The van der Waals surface area contributed by atoms with Crippen LogP contribution in [0.3, 0.4) is 0 Å². The van der Waals surface area contributed by atoms with Crippen LogP contribution in [0.4, 0.5) is 0 Å². The van der Waals surface area contributed by atoms with Crippen LogP contribution in [0.25, 0.3) is 0 Å². The molecule has 2 N–H and O–H groups in total. The molecule has 0 spiro atoms. The Morgan fingerprint density at radius 1 is 1.64 bits per heavy atom. The number of hydrogen-bond acceptors (Lipinski definition) is 3. The number of amides is 1. The molecule has 1 aromatic rings. The highest BCUT2D eigenvalue weighted by Gasteiger charge is 2.24. The maximum atomic E-state index is 11.7. The molecule has 3 nitrogen and oxygen atoms in total. The summed E-state index contributed by atoms with van der Waals surface area (Å²) in [6.07, 6.45) is 0.928. The zero-order chi connectivity index (χ0) is 9.26. The van der Waals surface area contributed by atoms with Gasteiger partial charge in [0, 0.05) is 19.1 Å². The van der Waals surface area contributed by atoms with Crippen molar-refractivity contribution in [1.82, 2.24) is 4.90 Å². The van der Waals surface area contributed by atoms with Gasteiger partial charge in [-0.25, -0.2) is 0 Å². The van der Waals surface area contributed by atoms with Gasteiger partial charge in [0.25, 0.3) is 5.91 Å². The predicted octanol–water partition coefficient (Wildman–Crippen LogP) is 1.34. The van der Waals surface area contributed by atoms with E-state index in [2.05, 4.69) is 0 Å². The average Bonchev–Trinajstić information content (AvgIpc) is 2.72. The SMILES string of the molecule is Cl.N[C@@H]1CCN(C(=O)c2cccs2)C1. The highest BCUT2D eigenvalue weighted by molar-refractivity contribution is 7.12. The van der Waals surface area contributed by atoms with Gasteiger partial charge in [0.15, 0.2) is 0 Å². The van der Waals surface area contributed by atoms with E-state index in [1.165, 1.54) is 11.3 Å². The number of hydrogen-bond donors (Lipinski definition) is 1. The molecule has 1 aliphatic heterocycles. The first-order valence-corrected chi connectivity index (χ1v) is 5.23. The van der Waals surface area contributed by atoms with Crippen LogP contribution < -0.4 is 5.73 Å². The van der Waals surface area contributed by atoms with Gasteiger partial charge >= 0.3 is 0 Å². The van der Waals surface area contributed by atoms with E-state index in [9.17, 15) is 4.79 Å². The maximum Gasteiger partial charge on any atom is 0.263 e. The maximum absolute atomic E-state index is 11.7. The number of nitrogens with zero attached hydrogens (tertiary/aromatic N) is 1. The van der Waals surface area contributed by atoms with E-state index in [1.807, 2.05) is 22.4 Å². The van der Waals surface area contributed by atoms with Crippen molar-refractivity contribution in [1.29, 1.82) is 0 Å². The van der Waals surface area contributed by atoms with Crippen molar-refractivity contribution in [3.8, 4) is 0 Å². The zero-order valence-corrected chi connectivity index (χ0v) is 9.31. The molecule has 0 aliphatic carbocycles. The Morgan fingerprint density at radius 2 is 2.43 bits per heavy atom. The summed E-state index contributed by atoms with van der Waals surface area (Å²) >= 11 is 1.49. The topological polar surface area (TPSA) is 46.3 Å². The summed E-state index contributed by atoms with van der Waals surface area (Å²) < 4.78 is 0. The summed E-state index contributed by atoms with van der Waals surface area (Å²) in [5.74, 6) is 0.128. The first kappa shape index (κ1) is 11.5. The van der Waals surface area contributed by atoms with Gasteiger partial charge < -0.3 is 10.6 Å². The van der Waals surface area contributed by atoms with Crippen LogP contribution in [0.1, 0.15) is 16.1 Å². The van der Waals surface area contributed by atoms with E-state index in [0.717, 1.165) is 17.8 Å². The first-order chi connectivity index (χ1) is 6.27. The fourth-order valence-corrected chi connectivity index (χ4v) is 2.22. The zero-order valence-electron chi connectivity index (χ0n) is 7.68. The van der Waals surface area contributed by atoms with Crippen molar-refractivity contribution < 1.29 is 4.79 Å². The van der Waals surface area contributed by atoms with Gasteiger partial charge in [-0.3, -0.25) is 4.79 Å². The van der Waals surface area contributed by atoms with E-state index in [0.29, 0.717) is 6.54 Å². The lowest BCUT2D eigenvalue weighted by atomic mass is 10.3. The quantitative estimate of drug-likeness (QED) is 0.795. The lowest BCUT2D eigenvalue weighted by molar-refractivity contribution is 0.0795. The number of carbonyl (C=O) groups excluding carboxylic acids is 1. The molecule has 1 saturated heterocycles. The summed E-state index contributed by atoms with van der Waals surface area (Å²) in [6, 6.07) is 3.92. The summed E-state index contributed by atoms with van der Waals surface area (Å²) in [6.45, 7) is 1.51. The Labute approximate surface area is 93.3 Å². The van der Waals surface area contributed by atoms with Crippen LogP contribution in [0.2, 0.25) is 0 Å². The largest absolute Gasteiger partial charge is 0.336 e. The molecule has 2 rings (SSSR count). The Morgan fingerprint density at radius 3 is 2.93 bits per heavy atom. The average molecular weight is 233 g/mol. The van der Waals surface area contributed by atoms with E-state index in [-0.39, 0.29) is 24.4 Å². The minimum atomic E-state index is 0. The molecule has 0 unspecified atom stereocenters. The van der Waals surface area contributed by atoms with Crippen molar-refractivity contribution in [2.24, 2.45) is 5.73 Å². The van der Waals surface area contributed by atoms with Crippen LogP contribution in [-0.2, 0) is 0 Å². The standard InChI is InChI=1S/C9H12N2OS.ClH/c10-7-3-4-11(6-7)9(12)8-2-1-5-13-8;/h1-2,5,7H,3-4,6,10H2;1H/t7-;/m1./s1. The second-order valence-electron chi connectivity index (χ2n) is 3.28. The summed E-state index contributed by atoms with van der Waals surface area (Å²) in [5, 5.41) is 1.92. The first-order valence-electron chi connectivity index (χ1n) is 4.36. The number of likely N-dealkylation sites (tertiary alicyclic amines) is 1. The molecule has 0 radical (unpaired) electrons. The van der Waals surface area contributed by atoms with Crippen molar-refractivity contribution in [2.75, 3.05) is 13.1 Å². The van der Waals surface area contributed by atoms with Crippen molar-refractivity contribution in [3.63, 3.8) is 0 Å². The number of thiophene rings is 1. The fraction of sp³-hybridized carbons (Fsp3) is 0.444. The lowest BCUT2D eigenvalue weighted by Gasteiger charge is -2.13. The van der Waals surface area contributed by atoms with E-state index in [1.54, 1.807) is 0 Å². The molecule has 1 fully saturated rings. The Hall–Kier alpha value is -0.580. The number of carbonyl (C=O) groups is 1. The van der Waals surface area contributed by atoms with Crippen LogP contribution in [0.5, 0.6) is 0 Å². The van der Waals surface area contributed by atoms with Gasteiger partial charge in [0.2, 0.25) is 0 Å². The van der Waals surface area contributed by atoms with Crippen molar-refractivity contribution in [3.05, 3.63) is 22.4 Å². The Kier molecular flexibility index (Phi) is 3.92. The molecule has 1 amide bonds. The van der Waals surface area contributed by atoms with Gasteiger partial charge in [-0.2, -0.15) is 0 Å². The number of halogens is 1. The van der Waals surface area contributed by atoms with Crippen LogP contribution in [0, 0.1) is 0 Å². The molecule has 0 saturated carbocycles. The highest BCUT2D eigenvalue weighted by Crippen LogP contribution is 2.15. The minimum absolute atomic E-state index is 0. The number of rotatable bonds is 1. The van der Waals surface area contributed by atoms with Crippen molar-refractivity contribution >= 4 is 29.7 Å². The third kappa shape index (κ3) is 2.26. The Balaban J connectivity index is 0.000000980. The van der Waals surface area contributed by atoms with Gasteiger partial charge in [-0.1, -0.05) is 6.07 Å². The van der Waals surface area contributed by atoms with Gasteiger partial charge in [0.1, 0.15) is 0 Å². The third-order valence-electron chi connectivity index (χ3n) is 2.24. The molecule has 1 atom stereocenters. The monoisotopic (exact) mass is 232 g/mol. The molecule has 0 aromatic carbocycles.